The van der Waals surface area contributed by atoms with Crippen molar-refractivity contribution in [2.24, 2.45) is 0 Å². The molecular weight excluding hydrogens is 372 g/mol. The number of rotatable bonds is 15. The summed E-state index contributed by atoms with van der Waals surface area (Å²) >= 11 is 0. The predicted octanol–water partition coefficient (Wildman–Crippen LogP) is 5.30. The number of carbonyl (C=O) groups excluding carboxylic acids is 1. The number of hydrogen-bond acceptors (Lipinski definition) is 5. The van der Waals surface area contributed by atoms with Gasteiger partial charge in [0.1, 0.15) is 16.3 Å². The molecule has 0 rings (SSSR count). The van der Waals surface area contributed by atoms with Gasteiger partial charge in [-0.2, -0.15) is 0 Å². The van der Waals surface area contributed by atoms with E-state index in [1.807, 2.05) is 30.4 Å². The zero-order valence-electron chi connectivity index (χ0n) is 16.6. The second-order valence-corrected chi connectivity index (χ2v) is 5.87. The van der Waals surface area contributed by atoms with Crippen LogP contribution in [-0.4, -0.2) is 21.8 Å². The van der Waals surface area contributed by atoms with Crippen LogP contribution in [0.4, 0.5) is 0 Å². The fourth-order valence-electron chi connectivity index (χ4n) is 1.96. The van der Waals surface area contributed by atoms with Crippen molar-refractivity contribution in [3.63, 3.8) is 0 Å². The molecule has 0 radical (unpaired) electrons. The largest absolute Gasteiger partial charge is 0.516 e. The van der Waals surface area contributed by atoms with E-state index < -0.39 is 21.9 Å². The van der Waals surface area contributed by atoms with Crippen LogP contribution in [0.5, 0.6) is 0 Å². The van der Waals surface area contributed by atoms with Crippen molar-refractivity contribution in [2.75, 3.05) is 0 Å². The van der Waals surface area contributed by atoms with E-state index in [2.05, 4.69) is 37.3 Å². The van der Waals surface area contributed by atoms with E-state index in [9.17, 15) is 25.0 Å². The molecule has 0 saturated heterocycles. The average Bonchev–Trinajstić information content (AvgIpc) is 2.69. The number of nitro groups is 2. The Balaban J connectivity index is 4.13. The topological polar surface area (TPSA) is 103 Å². The van der Waals surface area contributed by atoms with Gasteiger partial charge in [-0.25, -0.2) is 0 Å². The molecule has 0 atom stereocenters. The normalized spacial score (nSPS) is 13.4. The molecule has 0 N–H and O–H groups in total. The lowest BCUT2D eigenvalue weighted by atomic mass is 10.1. The minimum absolute atomic E-state index is 0.238. The van der Waals surface area contributed by atoms with Gasteiger partial charge in [-0.15, -0.1) is 0 Å². The van der Waals surface area contributed by atoms with Crippen molar-refractivity contribution in [2.45, 2.75) is 44.7 Å². The lowest BCUT2D eigenvalue weighted by Crippen LogP contribution is -2.47. The SMILES string of the molecule is CC/C=C/C/C=C/C/C=C/C=C/C=C/C=C/C/C=C/CC(C=O)([N+](=O)[O-])[N+](=O)[O-]. The number of nitrogens with zero attached hydrogens (tertiary/aromatic N) is 2. The first-order chi connectivity index (χ1) is 14.0. The maximum absolute atomic E-state index is 10.8. The van der Waals surface area contributed by atoms with Crippen LogP contribution in [0.3, 0.4) is 0 Å². The quantitative estimate of drug-likeness (QED) is 0.0926. The molecule has 7 heteroatoms. The second-order valence-electron chi connectivity index (χ2n) is 5.87. The van der Waals surface area contributed by atoms with Crippen LogP contribution in [0, 0.1) is 20.2 Å². The first kappa shape index (κ1) is 25.6. The minimum atomic E-state index is -2.81. The van der Waals surface area contributed by atoms with Crippen molar-refractivity contribution in [3.8, 4) is 0 Å². The molecule has 0 heterocycles. The molecular formula is C22H28N2O5. The predicted molar refractivity (Wildman–Crippen MR) is 116 cm³/mol. The molecule has 0 spiro atoms. The summed E-state index contributed by atoms with van der Waals surface area (Å²) in [5.41, 5.74) is -2.81. The molecule has 7 nitrogen and oxygen atoms in total. The molecule has 0 aliphatic carbocycles. The Morgan fingerprint density at radius 3 is 1.52 bits per heavy atom. The van der Waals surface area contributed by atoms with Crippen LogP contribution < -0.4 is 0 Å². The van der Waals surface area contributed by atoms with Crippen molar-refractivity contribution >= 4 is 6.29 Å². The van der Waals surface area contributed by atoms with Crippen LogP contribution >= 0.6 is 0 Å². The highest BCUT2D eigenvalue weighted by molar-refractivity contribution is 5.59. The molecule has 0 aromatic carbocycles. The lowest BCUT2D eigenvalue weighted by molar-refractivity contribution is -0.772. The average molecular weight is 400 g/mol. The molecule has 0 aromatic heterocycles. The fourth-order valence-corrected chi connectivity index (χ4v) is 1.96. The Labute approximate surface area is 171 Å². The smallest absolute Gasteiger partial charge is 0.287 e. The van der Waals surface area contributed by atoms with Crippen LogP contribution in [0.1, 0.15) is 39.0 Å². The molecule has 0 bridgehead atoms. The number of aldehydes is 1. The molecule has 29 heavy (non-hydrogen) atoms. The highest BCUT2D eigenvalue weighted by atomic mass is 16.7. The Morgan fingerprint density at radius 2 is 1.07 bits per heavy atom. The lowest BCUT2D eigenvalue weighted by Gasteiger charge is -2.07. The molecule has 0 aliphatic rings. The third-order valence-corrected chi connectivity index (χ3v) is 3.62. The summed E-state index contributed by atoms with van der Waals surface area (Å²) in [7, 11) is 0. The van der Waals surface area contributed by atoms with E-state index in [0.29, 0.717) is 6.42 Å². The van der Waals surface area contributed by atoms with Crippen LogP contribution in [-0.2, 0) is 4.79 Å². The van der Waals surface area contributed by atoms with Crippen molar-refractivity contribution in [1.82, 2.24) is 0 Å². The van der Waals surface area contributed by atoms with Crippen molar-refractivity contribution < 1.29 is 14.6 Å². The Hall–Kier alpha value is -3.35. The highest BCUT2D eigenvalue weighted by Gasteiger charge is 2.55. The summed E-state index contributed by atoms with van der Waals surface area (Å²) in [6.45, 7) is 2.11. The summed E-state index contributed by atoms with van der Waals surface area (Å²) in [5, 5.41) is 21.5. The maximum atomic E-state index is 10.8. The molecule has 0 aromatic rings. The Morgan fingerprint density at radius 1 is 0.655 bits per heavy atom. The van der Waals surface area contributed by atoms with Gasteiger partial charge >= 0.3 is 5.66 Å². The van der Waals surface area contributed by atoms with Crippen molar-refractivity contribution in [3.05, 3.63) is 105 Å². The summed E-state index contributed by atoms with van der Waals surface area (Å²) in [6.07, 6.45) is 29.0. The molecule has 0 unspecified atom stereocenters. The van der Waals surface area contributed by atoms with E-state index in [-0.39, 0.29) is 6.29 Å². The van der Waals surface area contributed by atoms with Gasteiger partial charge in [0, 0.05) is 0 Å². The first-order valence-corrected chi connectivity index (χ1v) is 9.36. The van der Waals surface area contributed by atoms with Gasteiger partial charge in [0.05, 0.1) is 0 Å². The maximum Gasteiger partial charge on any atom is 0.516 e. The number of allylic oxidation sites excluding steroid dienone is 13. The van der Waals surface area contributed by atoms with Gasteiger partial charge in [0.25, 0.3) is 6.29 Å². The molecule has 0 aliphatic heterocycles. The number of hydrogen-bond donors (Lipinski definition) is 0. The monoisotopic (exact) mass is 400 g/mol. The van der Waals surface area contributed by atoms with E-state index in [1.165, 1.54) is 6.08 Å². The second kappa shape index (κ2) is 16.8. The third kappa shape index (κ3) is 11.9. The van der Waals surface area contributed by atoms with Gasteiger partial charge in [0.2, 0.25) is 0 Å². The van der Waals surface area contributed by atoms with E-state index >= 15 is 0 Å². The Bertz CT molecular complexity index is 699. The summed E-state index contributed by atoms with van der Waals surface area (Å²) in [5.74, 6) is 0. The van der Waals surface area contributed by atoms with E-state index in [0.717, 1.165) is 19.3 Å². The van der Waals surface area contributed by atoms with Crippen LogP contribution in [0.25, 0.3) is 0 Å². The summed E-state index contributed by atoms with van der Waals surface area (Å²) in [4.78, 5) is 29.9. The van der Waals surface area contributed by atoms with E-state index in [1.54, 1.807) is 18.2 Å². The van der Waals surface area contributed by atoms with Gasteiger partial charge in [-0.3, -0.25) is 25.0 Å². The first-order valence-electron chi connectivity index (χ1n) is 9.36. The van der Waals surface area contributed by atoms with E-state index in [4.69, 9.17) is 0 Å². The summed E-state index contributed by atoms with van der Waals surface area (Å²) in [6, 6.07) is 0. The van der Waals surface area contributed by atoms with Gasteiger partial charge in [-0.05, 0) is 25.7 Å². The molecule has 156 valence electrons. The molecule has 0 saturated carbocycles. The van der Waals surface area contributed by atoms with Gasteiger partial charge in [-0.1, -0.05) is 92.0 Å². The number of carbonyl (C=O) groups is 1. The summed E-state index contributed by atoms with van der Waals surface area (Å²) < 4.78 is 0. The van der Waals surface area contributed by atoms with Crippen LogP contribution in [0.2, 0.25) is 0 Å². The highest BCUT2D eigenvalue weighted by Crippen LogP contribution is 2.14. The molecule has 0 fully saturated rings. The third-order valence-electron chi connectivity index (χ3n) is 3.62. The fraction of sp³-hybridized carbons (Fsp3) is 0.318. The zero-order chi connectivity index (χ0) is 21.8. The Kier molecular flexibility index (Phi) is 14.9. The van der Waals surface area contributed by atoms with Crippen LogP contribution in [0.15, 0.2) is 85.1 Å². The minimum Gasteiger partial charge on any atom is -0.287 e. The van der Waals surface area contributed by atoms with Crippen molar-refractivity contribution in [1.29, 1.82) is 0 Å². The van der Waals surface area contributed by atoms with Gasteiger partial charge in [0.15, 0.2) is 0 Å². The zero-order valence-corrected chi connectivity index (χ0v) is 16.6. The molecule has 0 amide bonds. The van der Waals surface area contributed by atoms with Gasteiger partial charge < -0.3 is 0 Å². The standard InChI is InChI=1S/C22H28N2O5/c1-2-3-4-5-6-7-8-9-10-11-12-13-14-15-16-17-18-19-20-22(21-25,23(26)27)24(28)29/h3-4,6-7,9-16,18-19,21H,2,5,8,17,20H2,1H3/b4-3+,7-6+,10-9+,12-11+,14-13+,16-15+,19-18+.